The molecule has 0 radical (unpaired) electrons. The molecule has 0 aromatic carbocycles. The van der Waals surface area contributed by atoms with Crippen molar-refractivity contribution in [3.63, 3.8) is 0 Å². The molecule has 1 aromatic rings. The average molecular weight is 404 g/mol. The van der Waals surface area contributed by atoms with E-state index in [1.807, 2.05) is 26.8 Å². The molecule has 1 aliphatic rings. The number of furan rings is 1. The van der Waals surface area contributed by atoms with E-state index in [0.717, 1.165) is 17.1 Å². The lowest BCUT2D eigenvalue weighted by Crippen LogP contribution is -2.31. The number of ether oxygens (including phenoxy) is 1. The number of hydrogen-bond donors (Lipinski definition) is 0. The molecule has 0 amide bonds. The fourth-order valence-corrected chi connectivity index (χ4v) is 6.83. The molecule has 2 rings (SSSR count). The Balaban J connectivity index is 2.57. The number of rotatable bonds is 7. The summed E-state index contributed by atoms with van der Waals surface area (Å²) < 4.78 is 36.0. The van der Waals surface area contributed by atoms with Crippen LogP contribution in [0, 0.1) is 0 Å². The van der Waals surface area contributed by atoms with Crippen LogP contribution in [-0.4, -0.2) is 31.0 Å². The number of carbonyl (C=O) groups excluding carboxylic acids is 1. The molecular formula is C18H29O6PS. The third-order valence-electron chi connectivity index (χ3n) is 4.06. The molecule has 0 bridgehead atoms. The van der Waals surface area contributed by atoms with Crippen molar-refractivity contribution in [3.05, 3.63) is 23.2 Å². The third-order valence-corrected chi connectivity index (χ3v) is 8.01. The summed E-state index contributed by atoms with van der Waals surface area (Å²) in [6.07, 6.45) is 0. The Bertz CT molecular complexity index is 668. The van der Waals surface area contributed by atoms with Gasteiger partial charge in [-0.1, -0.05) is 20.8 Å². The van der Waals surface area contributed by atoms with Crippen molar-refractivity contribution in [2.75, 3.05) is 19.8 Å². The Morgan fingerprint density at radius 1 is 1.23 bits per heavy atom. The summed E-state index contributed by atoms with van der Waals surface area (Å²) in [6, 6.07) is 1.90. The summed E-state index contributed by atoms with van der Waals surface area (Å²) in [5.41, 5.74) is -0.209. The number of thioether (sulfide) groups is 1. The number of carbonyl (C=O) groups is 1. The van der Waals surface area contributed by atoms with E-state index < -0.39 is 24.5 Å². The Kier molecular flexibility index (Phi) is 7.05. The number of esters is 1. The van der Waals surface area contributed by atoms with E-state index in [4.69, 9.17) is 18.2 Å². The van der Waals surface area contributed by atoms with E-state index >= 15 is 0 Å². The predicted molar refractivity (Wildman–Crippen MR) is 103 cm³/mol. The predicted octanol–water partition coefficient (Wildman–Crippen LogP) is 5.06. The number of hydrogen-bond acceptors (Lipinski definition) is 7. The average Bonchev–Trinajstić information content (AvgIpc) is 2.98. The smallest absolute Gasteiger partial charge is 0.339 e. The molecule has 1 aromatic heterocycles. The van der Waals surface area contributed by atoms with Gasteiger partial charge in [-0.3, -0.25) is 9.36 Å². The van der Waals surface area contributed by atoms with Crippen LogP contribution in [-0.2, 0) is 34.3 Å². The van der Waals surface area contributed by atoms with Crippen LogP contribution in [0.15, 0.2) is 10.5 Å². The van der Waals surface area contributed by atoms with Gasteiger partial charge in [-0.25, -0.2) is 0 Å². The molecule has 0 N–H and O–H groups in total. The van der Waals surface area contributed by atoms with Gasteiger partial charge in [0, 0.05) is 11.0 Å². The van der Waals surface area contributed by atoms with Gasteiger partial charge in [0.15, 0.2) is 0 Å². The van der Waals surface area contributed by atoms with E-state index in [1.165, 1.54) is 11.8 Å². The maximum Gasteiger partial charge on any atom is 0.339 e. The highest BCUT2D eigenvalue weighted by Gasteiger charge is 2.51. The Morgan fingerprint density at radius 3 is 2.35 bits per heavy atom. The fraction of sp³-hybridized carbons (Fsp3) is 0.722. The topological polar surface area (TPSA) is 75.0 Å². The maximum absolute atomic E-state index is 13.6. The lowest BCUT2D eigenvalue weighted by molar-refractivity contribution is -0.142. The van der Waals surface area contributed by atoms with Gasteiger partial charge in [-0.2, -0.15) is 0 Å². The van der Waals surface area contributed by atoms with Crippen molar-refractivity contribution >= 4 is 25.3 Å². The van der Waals surface area contributed by atoms with Crippen LogP contribution < -0.4 is 0 Å². The zero-order chi connectivity index (χ0) is 19.5. The summed E-state index contributed by atoms with van der Waals surface area (Å²) in [6.45, 7) is 12.1. The van der Waals surface area contributed by atoms with Crippen molar-refractivity contribution in [1.29, 1.82) is 0 Å². The van der Waals surface area contributed by atoms with Crippen LogP contribution in [0.2, 0.25) is 0 Å². The summed E-state index contributed by atoms with van der Waals surface area (Å²) >= 11 is 1.36. The van der Waals surface area contributed by atoms with Crippen LogP contribution in [0.5, 0.6) is 0 Å². The molecule has 1 aliphatic heterocycles. The highest BCUT2D eigenvalue weighted by atomic mass is 32.2. The third kappa shape index (κ3) is 4.38. The molecule has 8 heteroatoms. The van der Waals surface area contributed by atoms with Gasteiger partial charge in [-0.15, -0.1) is 11.8 Å². The second-order valence-corrected chi connectivity index (χ2v) is 10.3. The zero-order valence-corrected chi connectivity index (χ0v) is 18.1. The summed E-state index contributed by atoms with van der Waals surface area (Å²) in [4.78, 5) is 12.6. The van der Waals surface area contributed by atoms with Gasteiger partial charge in [-0.05, 0) is 26.8 Å². The van der Waals surface area contributed by atoms with E-state index in [2.05, 4.69) is 0 Å². The maximum atomic E-state index is 13.6. The van der Waals surface area contributed by atoms with Crippen LogP contribution in [0.1, 0.15) is 64.3 Å². The van der Waals surface area contributed by atoms with Crippen LogP contribution >= 0.6 is 19.4 Å². The van der Waals surface area contributed by atoms with Gasteiger partial charge in [0.05, 0.1) is 25.6 Å². The summed E-state index contributed by atoms with van der Waals surface area (Å²) in [5.74, 6) is 1.64. The minimum absolute atomic E-state index is 0.201. The lowest BCUT2D eigenvalue weighted by Gasteiger charge is -2.33. The van der Waals surface area contributed by atoms with Crippen LogP contribution in [0.3, 0.4) is 0 Å². The van der Waals surface area contributed by atoms with Gasteiger partial charge >= 0.3 is 13.6 Å². The second-order valence-electron chi connectivity index (χ2n) is 7.04. The first-order valence-electron chi connectivity index (χ1n) is 8.98. The fourth-order valence-electron chi connectivity index (χ4n) is 2.91. The van der Waals surface area contributed by atoms with Gasteiger partial charge in [0.25, 0.3) is 0 Å². The molecule has 0 saturated carbocycles. The molecule has 6 nitrogen and oxygen atoms in total. The monoisotopic (exact) mass is 404 g/mol. The van der Waals surface area contributed by atoms with E-state index in [-0.39, 0.29) is 25.2 Å². The first kappa shape index (κ1) is 21.5. The molecule has 0 fully saturated rings. The first-order chi connectivity index (χ1) is 12.2. The lowest BCUT2D eigenvalue weighted by atomic mass is 9.92. The highest BCUT2D eigenvalue weighted by molar-refractivity contribution is 8.00. The van der Waals surface area contributed by atoms with Crippen molar-refractivity contribution in [1.82, 2.24) is 0 Å². The molecule has 0 spiro atoms. The Hall–Kier alpha value is -0.750. The van der Waals surface area contributed by atoms with Gasteiger partial charge < -0.3 is 18.2 Å². The van der Waals surface area contributed by atoms with E-state index in [0.29, 0.717) is 5.75 Å². The highest BCUT2D eigenvalue weighted by Crippen LogP contribution is 2.66. The minimum atomic E-state index is -3.58. The quantitative estimate of drug-likeness (QED) is 0.464. The van der Waals surface area contributed by atoms with Gasteiger partial charge in [0.1, 0.15) is 22.4 Å². The molecule has 2 heterocycles. The zero-order valence-electron chi connectivity index (χ0n) is 16.4. The number of fused-ring (bicyclic) bond motifs is 1. The standard InChI is InChI=1S/C18H29O6PS/c1-7-21-17(19)16-15(25(20,22-8-2)23-9-3)12-10-14(18(4,5)6)24-13(12)11-26-16/h10,15-16H,7-9,11H2,1-6H3. The van der Waals surface area contributed by atoms with Crippen molar-refractivity contribution < 1.29 is 27.6 Å². The van der Waals surface area contributed by atoms with E-state index in [1.54, 1.807) is 20.8 Å². The SMILES string of the molecule is CCOC(=O)C1SCc2oc(C(C)(C)C)cc2C1P(=O)(OCC)OCC. The Labute approximate surface area is 159 Å². The van der Waals surface area contributed by atoms with Crippen LogP contribution in [0.4, 0.5) is 0 Å². The largest absolute Gasteiger partial charge is 0.465 e. The van der Waals surface area contributed by atoms with Crippen molar-refractivity contribution in [3.8, 4) is 0 Å². The summed E-state index contributed by atoms with van der Waals surface area (Å²) in [7, 11) is -3.58. The molecule has 0 aliphatic carbocycles. The first-order valence-corrected chi connectivity index (χ1v) is 11.6. The van der Waals surface area contributed by atoms with E-state index in [9.17, 15) is 9.36 Å². The second kappa shape index (κ2) is 8.51. The molecule has 0 saturated heterocycles. The normalized spacial score (nSPS) is 20.7. The van der Waals surface area contributed by atoms with Gasteiger partial charge in [0.2, 0.25) is 0 Å². The Morgan fingerprint density at radius 2 is 1.85 bits per heavy atom. The minimum Gasteiger partial charge on any atom is -0.465 e. The van der Waals surface area contributed by atoms with Crippen LogP contribution in [0.25, 0.3) is 0 Å². The molecule has 26 heavy (non-hydrogen) atoms. The van der Waals surface area contributed by atoms with Crippen molar-refractivity contribution in [2.45, 2.75) is 63.6 Å². The molecule has 2 unspecified atom stereocenters. The molecular weight excluding hydrogens is 375 g/mol. The summed E-state index contributed by atoms with van der Waals surface area (Å²) in [5, 5.41) is -0.656. The molecule has 2 atom stereocenters. The molecule has 148 valence electrons. The van der Waals surface area contributed by atoms with Crippen molar-refractivity contribution in [2.24, 2.45) is 0 Å².